The first-order chi connectivity index (χ1) is 11.5. The molecule has 1 unspecified atom stereocenters. The van der Waals surface area contributed by atoms with E-state index < -0.39 is 28.7 Å². The minimum Gasteiger partial charge on any atom is -0.343 e. The van der Waals surface area contributed by atoms with Crippen molar-refractivity contribution in [3.63, 3.8) is 0 Å². The molecule has 26 heavy (non-hydrogen) atoms. The summed E-state index contributed by atoms with van der Waals surface area (Å²) in [6, 6.07) is 4.99. The molecule has 1 saturated heterocycles. The molecule has 1 aromatic carbocycles. The number of halogens is 4. The van der Waals surface area contributed by atoms with Crippen LogP contribution in [0.3, 0.4) is 0 Å². The molecule has 0 bridgehead atoms. The molecule has 0 aliphatic carbocycles. The van der Waals surface area contributed by atoms with E-state index in [9.17, 15) is 26.4 Å². The fourth-order valence-electron chi connectivity index (χ4n) is 2.58. The van der Waals surface area contributed by atoms with Gasteiger partial charge in [0.1, 0.15) is 6.54 Å². The maximum Gasteiger partial charge on any atom is 0.405 e. The van der Waals surface area contributed by atoms with Crippen molar-refractivity contribution in [1.29, 1.82) is 0 Å². The highest BCUT2D eigenvalue weighted by Crippen LogP contribution is 2.32. The maximum atomic E-state index is 12.7. The molecule has 1 heterocycles. The van der Waals surface area contributed by atoms with Gasteiger partial charge in [0, 0.05) is 18.7 Å². The van der Waals surface area contributed by atoms with Crippen molar-refractivity contribution in [2.24, 2.45) is 11.1 Å². The first kappa shape index (κ1) is 22.7. The number of sulfonamides is 1. The van der Waals surface area contributed by atoms with Crippen molar-refractivity contribution in [2.75, 3.05) is 26.2 Å². The number of amides is 1. The minimum atomic E-state index is -4.54. The summed E-state index contributed by atoms with van der Waals surface area (Å²) in [6.45, 7) is 1.32. The van der Waals surface area contributed by atoms with Crippen LogP contribution in [0, 0.1) is 5.41 Å². The second-order valence-corrected chi connectivity index (χ2v) is 8.37. The van der Waals surface area contributed by atoms with Gasteiger partial charge in [-0.1, -0.05) is 13.0 Å². The zero-order chi connectivity index (χ0) is 18.9. The minimum absolute atomic E-state index is 0. The zero-order valence-corrected chi connectivity index (χ0v) is 15.7. The van der Waals surface area contributed by atoms with Crippen molar-refractivity contribution in [1.82, 2.24) is 9.62 Å². The third-order valence-electron chi connectivity index (χ3n) is 4.20. The normalized spacial score (nSPS) is 21.3. The number of benzene rings is 1. The summed E-state index contributed by atoms with van der Waals surface area (Å²) in [5.41, 5.74) is 5.22. The topological polar surface area (TPSA) is 92.5 Å². The quantitative estimate of drug-likeness (QED) is 0.766. The van der Waals surface area contributed by atoms with Crippen LogP contribution in [0.5, 0.6) is 0 Å². The van der Waals surface area contributed by atoms with Gasteiger partial charge >= 0.3 is 6.18 Å². The van der Waals surface area contributed by atoms with Crippen LogP contribution in [-0.4, -0.2) is 51.0 Å². The molecule has 1 aliphatic heterocycles. The molecule has 1 amide bonds. The molecule has 0 aromatic heterocycles. The number of carbonyl (C=O) groups is 1. The van der Waals surface area contributed by atoms with E-state index in [1.54, 1.807) is 5.32 Å². The third-order valence-corrected chi connectivity index (χ3v) is 6.04. The predicted octanol–water partition coefficient (Wildman–Crippen LogP) is 1.76. The van der Waals surface area contributed by atoms with Gasteiger partial charge < -0.3 is 11.1 Å². The van der Waals surface area contributed by atoms with E-state index in [2.05, 4.69) is 0 Å². The Morgan fingerprint density at radius 3 is 2.58 bits per heavy atom. The molecule has 1 atom stereocenters. The van der Waals surface area contributed by atoms with Crippen molar-refractivity contribution in [3.05, 3.63) is 29.8 Å². The molecule has 1 fully saturated rings. The average Bonchev–Trinajstić information content (AvgIpc) is 2.96. The summed E-state index contributed by atoms with van der Waals surface area (Å²) < 4.78 is 63.2. The van der Waals surface area contributed by atoms with Crippen LogP contribution >= 0.6 is 12.4 Å². The molecule has 2 rings (SSSR count). The van der Waals surface area contributed by atoms with Crippen LogP contribution in [0.2, 0.25) is 0 Å². The standard InChI is InChI=1S/C15H20F3N3O3S.ClH/c1-14(8-19)5-6-21(10-14)25(23,24)12-4-2-3-11(7-12)13(22)20-9-15(16,17)18;/h2-4,7H,5-6,8-10,19H2,1H3,(H,20,22);1H. The highest BCUT2D eigenvalue weighted by atomic mass is 35.5. The summed E-state index contributed by atoms with van der Waals surface area (Å²) in [5, 5.41) is 1.72. The van der Waals surface area contributed by atoms with Crippen LogP contribution in [0.25, 0.3) is 0 Å². The lowest BCUT2D eigenvalue weighted by Gasteiger charge is -2.22. The van der Waals surface area contributed by atoms with Gasteiger partial charge in [-0.05, 0) is 36.6 Å². The number of nitrogens with one attached hydrogen (secondary N) is 1. The molecule has 0 saturated carbocycles. The van der Waals surface area contributed by atoms with Crippen molar-refractivity contribution >= 4 is 28.3 Å². The van der Waals surface area contributed by atoms with Crippen molar-refractivity contribution in [2.45, 2.75) is 24.4 Å². The Morgan fingerprint density at radius 1 is 1.38 bits per heavy atom. The second kappa shape index (κ2) is 8.12. The highest BCUT2D eigenvalue weighted by molar-refractivity contribution is 7.89. The lowest BCUT2D eigenvalue weighted by atomic mass is 9.90. The number of nitrogens with zero attached hydrogens (tertiary/aromatic N) is 1. The van der Waals surface area contributed by atoms with Crippen molar-refractivity contribution in [3.8, 4) is 0 Å². The number of alkyl halides is 3. The van der Waals surface area contributed by atoms with Crippen LogP contribution in [0.4, 0.5) is 13.2 Å². The van der Waals surface area contributed by atoms with Crippen LogP contribution in [-0.2, 0) is 10.0 Å². The van der Waals surface area contributed by atoms with Gasteiger partial charge in [0.25, 0.3) is 5.91 Å². The van der Waals surface area contributed by atoms with Gasteiger partial charge in [0.05, 0.1) is 4.90 Å². The Kier molecular flexibility index (Phi) is 7.08. The van der Waals surface area contributed by atoms with E-state index in [0.29, 0.717) is 19.5 Å². The summed E-state index contributed by atoms with van der Waals surface area (Å²) in [4.78, 5) is 11.7. The van der Waals surface area contributed by atoms with Gasteiger partial charge in [-0.2, -0.15) is 17.5 Å². The van der Waals surface area contributed by atoms with Gasteiger partial charge in [0.2, 0.25) is 10.0 Å². The summed E-state index contributed by atoms with van der Waals surface area (Å²) in [5.74, 6) is -0.984. The molecule has 148 valence electrons. The molecule has 11 heteroatoms. The molecule has 0 radical (unpaired) electrons. The molecule has 0 spiro atoms. The Hall–Kier alpha value is -1.36. The Morgan fingerprint density at radius 2 is 2.04 bits per heavy atom. The van der Waals surface area contributed by atoms with Crippen LogP contribution < -0.4 is 11.1 Å². The number of carbonyl (C=O) groups excluding carboxylic acids is 1. The molecular formula is C15H21ClF3N3O3S. The van der Waals surface area contributed by atoms with Gasteiger partial charge in [-0.15, -0.1) is 12.4 Å². The van der Waals surface area contributed by atoms with Crippen molar-refractivity contribution < 1.29 is 26.4 Å². The Balaban J connectivity index is 0.00000338. The molecular weight excluding hydrogens is 395 g/mol. The van der Waals surface area contributed by atoms with E-state index in [0.717, 1.165) is 6.07 Å². The van der Waals surface area contributed by atoms with E-state index >= 15 is 0 Å². The first-order valence-corrected chi connectivity index (χ1v) is 9.06. The van der Waals surface area contributed by atoms with Gasteiger partial charge in [-0.3, -0.25) is 4.79 Å². The summed E-state index contributed by atoms with van der Waals surface area (Å²) in [7, 11) is -3.84. The lowest BCUT2D eigenvalue weighted by molar-refractivity contribution is -0.123. The Labute approximate surface area is 156 Å². The predicted molar refractivity (Wildman–Crippen MR) is 92.6 cm³/mol. The fourth-order valence-corrected chi connectivity index (χ4v) is 4.22. The maximum absolute atomic E-state index is 12.7. The molecule has 1 aromatic rings. The Bertz CT molecular complexity index is 758. The third kappa shape index (κ3) is 5.32. The number of hydrogen-bond acceptors (Lipinski definition) is 4. The lowest BCUT2D eigenvalue weighted by Crippen LogP contribution is -2.35. The zero-order valence-electron chi connectivity index (χ0n) is 14.0. The fraction of sp³-hybridized carbons (Fsp3) is 0.533. The number of hydrogen-bond donors (Lipinski definition) is 2. The monoisotopic (exact) mass is 415 g/mol. The SMILES string of the molecule is CC1(CN)CCN(S(=O)(=O)c2cccc(C(=O)NCC(F)(F)F)c2)C1.Cl. The van der Waals surface area contributed by atoms with Gasteiger partial charge in [0.15, 0.2) is 0 Å². The highest BCUT2D eigenvalue weighted by Gasteiger charge is 2.39. The number of nitrogens with two attached hydrogens (primary N) is 1. The average molecular weight is 416 g/mol. The molecule has 1 aliphatic rings. The summed E-state index contributed by atoms with van der Waals surface area (Å²) in [6.07, 6.45) is -3.92. The first-order valence-electron chi connectivity index (χ1n) is 7.62. The van der Waals surface area contributed by atoms with Crippen LogP contribution in [0.15, 0.2) is 29.2 Å². The van der Waals surface area contributed by atoms with E-state index in [4.69, 9.17) is 5.73 Å². The molecule has 3 N–H and O–H groups in total. The smallest absolute Gasteiger partial charge is 0.343 e. The number of rotatable bonds is 5. The molecule has 6 nitrogen and oxygen atoms in total. The second-order valence-electron chi connectivity index (χ2n) is 6.43. The van der Waals surface area contributed by atoms with Crippen LogP contribution in [0.1, 0.15) is 23.7 Å². The largest absolute Gasteiger partial charge is 0.405 e. The van der Waals surface area contributed by atoms with E-state index in [-0.39, 0.29) is 34.8 Å². The van der Waals surface area contributed by atoms with E-state index in [1.807, 2.05) is 6.92 Å². The van der Waals surface area contributed by atoms with E-state index in [1.165, 1.54) is 22.5 Å². The van der Waals surface area contributed by atoms with Gasteiger partial charge in [-0.25, -0.2) is 8.42 Å². The summed E-state index contributed by atoms with van der Waals surface area (Å²) >= 11 is 0.